The van der Waals surface area contributed by atoms with Crippen molar-refractivity contribution in [2.45, 2.75) is 24.0 Å². The fourth-order valence-electron chi connectivity index (χ4n) is 0.940. The molecule has 5 heteroatoms. The Hall–Kier alpha value is -0.840. The van der Waals surface area contributed by atoms with E-state index in [-0.39, 0.29) is 10.1 Å². The summed E-state index contributed by atoms with van der Waals surface area (Å²) in [6.07, 6.45) is 0. The van der Waals surface area contributed by atoms with E-state index in [0.29, 0.717) is 0 Å². The lowest BCUT2D eigenvalue weighted by Crippen LogP contribution is -2.01. The number of nitrogen functional groups attached to an aromatic ring is 1. The molecule has 1 aromatic carbocycles. The largest absolute Gasteiger partial charge is 0.396 e. The fraction of sp³-hybridized carbons (Fsp3) is 0.333. The summed E-state index contributed by atoms with van der Waals surface area (Å²) in [5, 5.41) is -0.0259. The Labute approximate surface area is 84.5 Å². The monoisotopic (exact) mass is 221 g/mol. The lowest BCUT2D eigenvalue weighted by molar-refractivity contribution is 0.470. The molecule has 0 aliphatic rings. The predicted molar refractivity (Wildman–Crippen MR) is 51.7 cm³/mol. The maximum Gasteiger partial charge on any atom is 0.183 e. The van der Waals surface area contributed by atoms with Crippen LogP contribution in [-0.2, 0) is 0 Å². The first-order valence-electron chi connectivity index (χ1n) is 4.03. The Bertz CT molecular complexity index is 352. The van der Waals surface area contributed by atoms with Crippen molar-refractivity contribution in [3.8, 4) is 0 Å². The SMILES string of the molecule is CC(C)Sc1c(F)cc(N)c(F)c1F. The Balaban J connectivity index is 3.22. The first-order valence-corrected chi connectivity index (χ1v) is 4.91. The van der Waals surface area contributed by atoms with Gasteiger partial charge in [0.25, 0.3) is 0 Å². The molecule has 14 heavy (non-hydrogen) atoms. The van der Waals surface area contributed by atoms with Gasteiger partial charge in [-0.2, -0.15) is 0 Å². The summed E-state index contributed by atoms with van der Waals surface area (Å²) in [5.41, 5.74) is 4.55. The quantitative estimate of drug-likeness (QED) is 0.471. The molecule has 0 atom stereocenters. The van der Waals surface area contributed by atoms with Gasteiger partial charge in [-0.25, -0.2) is 13.2 Å². The van der Waals surface area contributed by atoms with E-state index < -0.39 is 23.1 Å². The van der Waals surface area contributed by atoms with Gasteiger partial charge in [-0.05, 0) is 0 Å². The Morgan fingerprint density at radius 2 is 1.79 bits per heavy atom. The van der Waals surface area contributed by atoms with E-state index in [1.165, 1.54) is 0 Å². The van der Waals surface area contributed by atoms with Crippen molar-refractivity contribution in [3.63, 3.8) is 0 Å². The van der Waals surface area contributed by atoms with Gasteiger partial charge in [-0.15, -0.1) is 11.8 Å². The summed E-state index contributed by atoms with van der Waals surface area (Å²) in [6, 6.07) is 0.795. The van der Waals surface area contributed by atoms with Crippen molar-refractivity contribution in [1.29, 1.82) is 0 Å². The molecule has 1 nitrogen and oxygen atoms in total. The minimum absolute atomic E-state index is 0.0259. The molecule has 0 heterocycles. The summed E-state index contributed by atoms with van der Waals surface area (Å²) in [4.78, 5) is -0.313. The molecule has 0 unspecified atom stereocenters. The maximum atomic E-state index is 13.2. The summed E-state index contributed by atoms with van der Waals surface area (Å²) in [7, 11) is 0. The van der Waals surface area contributed by atoms with Gasteiger partial charge in [0, 0.05) is 11.3 Å². The van der Waals surface area contributed by atoms with Crippen molar-refractivity contribution < 1.29 is 13.2 Å². The van der Waals surface area contributed by atoms with Gasteiger partial charge in [0.05, 0.1) is 10.6 Å². The highest BCUT2D eigenvalue weighted by Crippen LogP contribution is 2.32. The zero-order chi connectivity index (χ0) is 10.9. The highest BCUT2D eigenvalue weighted by atomic mass is 32.2. The second-order valence-electron chi connectivity index (χ2n) is 3.07. The third kappa shape index (κ3) is 2.15. The fourth-order valence-corrected chi connectivity index (χ4v) is 1.78. The number of hydrogen-bond donors (Lipinski definition) is 1. The highest BCUT2D eigenvalue weighted by molar-refractivity contribution is 7.99. The molecule has 0 aliphatic carbocycles. The van der Waals surface area contributed by atoms with E-state index in [2.05, 4.69) is 0 Å². The van der Waals surface area contributed by atoms with Crippen LogP contribution in [-0.4, -0.2) is 5.25 Å². The average molecular weight is 221 g/mol. The zero-order valence-corrected chi connectivity index (χ0v) is 8.59. The number of halogens is 3. The van der Waals surface area contributed by atoms with Crippen molar-refractivity contribution in [2.75, 3.05) is 5.73 Å². The summed E-state index contributed by atoms with van der Waals surface area (Å²) in [6.45, 7) is 3.52. The molecular formula is C9H10F3NS. The van der Waals surface area contributed by atoms with E-state index in [1.807, 2.05) is 0 Å². The van der Waals surface area contributed by atoms with Crippen molar-refractivity contribution >= 4 is 17.4 Å². The molecule has 0 saturated carbocycles. The predicted octanol–water partition coefficient (Wildman–Crippen LogP) is 3.19. The standard InChI is InChI=1S/C9H10F3NS/c1-4(2)14-9-5(10)3-6(13)7(11)8(9)12/h3-4H,13H2,1-2H3. The van der Waals surface area contributed by atoms with E-state index >= 15 is 0 Å². The number of anilines is 1. The van der Waals surface area contributed by atoms with E-state index in [9.17, 15) is 13.2 Å². The van der Waals surface area contributed by atoms with Gasteiger partial charge in [-0.3, -0.25) is 0 Å². The van der Waals surface area contributed by atoms with Gasteiger partial charge < -0.3 is 5.73 Å². The molecular weight excluding hydrogens is 211 g/mol. The first kappa shape index (κ1) is 11.2. The molecule has 0 radical (unpaired) electrons. The van der Waals surface area contributed by atoms with Crippen molar-refractivity contribution in [2.24, 2.45) is 0 Å². The molecule has 0 saturated heterocycles. The number of benzene rings is 1. The molecule has 0 aliphatic heterocycles. The molecule has 0 amide bonds. The summed E-state index contributed by atoms with van der Waals surface area (Å²) < 4.78 is 39.3. The topological polar surface area (TPSA) is 26.0 Å². The third-order valence-electron chi connectivity index (χ3n) is 1.50. The Morgan fingerprint density at radius 3 is 2.29 bits per heavy atom. The van der Waals surface area contributed by atoms with Crippen LogP contribution in [0.3, 0.4) is 0 Å². The third-order valence-corrected chi connectivity index (χ3v) is 2.58. The molecule has 0 spiro atoms. The molecule has 0 aromatic heterocycles. The lowest BCUT2D eigenvalue weighted by atomic mass is 10.3. The lowest BCUT2D eigenvalue weighted by Gasteiger charge is -2.09. The smallest absolute Gasteiger partial charge is 0.183 e. The molecule has 0 bridgehead atoms. The van der Waals surface area contributed by atoms with Crippen LogP contribution in [0.5, 0.6) is 0 Å². The number of hydrogen-bond acceptors (Lipinski definition) is 2. The van der Waals surface area contributed by atoms with E-state index in [4.69, 9.17) is 5.73 Å². The van der Waals surface area contributed by atoms with Crippen LogP contribution in [0.15, 0.2) is 11.0 Å². The number of nitrogens with two attached hydrogens (primary N) is 1. The second kappa shape index (κ2) is 4.13. The molecule has 1 rings (SSSR count). The summed E-state index contributed by atoms with van der Waals surface area (Å²) in [5.74, 6) is -3.21. The van der Waals surface area contributed by atoms with Crippen LogP contribution in [0.1, 0.15) is 13.8 Å². The van der Waals surface area contributed by atoms with Gasteiger partial charge in [0.15, 0.2) is 11.6 Å². The normalized spacial score (nSPS) is 11.0. The van der Waals surface area contributed by atoms with Crippen molar-refractivity contribution in [3.05, 3.63) is 23.5 Å². The number of rotatable bonds is 2. The number of thioether (sulfide) groups is 1. The van der Waals surface area contributed by atoms with E-state index in [0.717, 1.165) is 17.8 Å². The van der Waals surface area contributed by atoms with Crippen LogP contribution < -0.4 is 5.73 Å². The second-order valence-corrected chi connectivity index (χ2v) is 4.66. The minimum atomic E-state index is -1.21. The Morgan fingerprint density at radius 1 is 1.21 bits per heavy atom. The van der Waals surface area contributed by atoms with Crippen molar-refractivity contribution in [1.82, 2.24) is 0 Å². The first-order chi connectivity index (χ1) is 6.43. The van der Waals surface area contributed by atoms with Gasteiger partial charge in [0.2, 0.25) is 0 Å². The summed E-state index contributed by atoms with van der Waals surface area (Å²) >= 11 is 0.929. The van der Waals surface area contributed by atoms with Gasteiger partial charge >= 0.3 is 0 Å². The zero-order valence-electron chi connectivity index (χ0n) is 7.77. The minimum Gasteiger partial charge on any atom is -0.396 e. The van der Waals surface area contributed by atoms with Gasteiger partial charge in [-0.1, -0.05) is 13.8 Å². The molecule has 2 N–H and O–H groups in total. The molecule has 78 valence electrons. The van der Waals surface area contributed by atoms with Crippen LogP contribution >= 0.6 is 11.8 Å². The van der Waals surface area contributed by atoms with E-state index in [1.54, 1.807) is 13.8 Å². The molecule has 0 fully saturated rings. The van der Waals surface area contributed by atoms with Crippen LogP contribution in [0.2, 0.25) is 0 Å². The van der Waals surface area contributed by atoms with Crippen LogP contribution in [0.25, 0.3) is 0 Å². The maximum absolute atomic E-state index is 13.2. The highest BCUT2D eigenvalue weighted by Gasteiger charge is 2.18. The van der Waals surface area contributed by atoms with Crippen LogP contribution in [0, 0.1) is 17.5 Å². The average Bonchev–Trinajstić information content (AvgIpc) is 2.09. The Kier molecular flexibility index (Phi) is 3.31. The van der Waals surface area contributed by atoms with Crippen LogP contribution in [0.4, 0.5) is 18.9 Å². The molecule has 1 aromatic rings. The van der Waals surface area contributed by atoms with Gasteiger partial charge in [0.1, 0.15) is 5.82 Å².